The van der Waals surface area contributed by atoms with E-state index in [4.69, 9.17) is 9.47 Å². The van der Waals surface area contributed by atoms with E-state index in [1.807, 2.05) is 6.92 Å². The number of aromatic hydroxyl groups is 2. The monoisotopic (exact) mass is 360 g/mol. The van der Waals surface area contributed by atoms with Gasteiger partial charge < -0.3 is 19.7 Å². The highest BCUT2D eigenvalue weighted by Crippen LogP contribution is 2.34. The number of hydrogen-bond donors (Lipinski definition) is 2. The SMILES string of the molecule is CCC[C@@H]1CC2OC2CCC=CC(=O)Cc2cc(O)cc(O)c2C(=O)O1. The summed E-state index contributed by atoms with van der Waals surface area (Å²) >= 11 is 0. The van der Waals surface area contributed by atoms with Gasteiger partial charge in [0.25, 0.3) is 0 Å². The number of esters is 1. The molecule has 0 radical (unpaired) electrons. The van der Waals surface area contributed by atoms with Crippen LogP contribution in [0, 0.1) is 0 Å². The molecule has 6 heteroatoms. The third kappa shape index (κ3) is 4.43. The Balaban J connectivity index is 1.92. The van der Waals surface area contributed by atoms with Gasteiger partial charge in [-0.3, -0.25) is 4.79 Å². The van der Waals surface area contributed by atoms with Crippen LogP contribution in [0.15, 0.2) is 24.3 Å². The summed E-state index contributed by atoms with van der Waals surface area (Å²) < 4.78 is 11.3. The van der Waals surface area contributed by atoms with Crippen molar-refractivity contribution in [2.45, 2.75) is 63.8 Å². The molecule has 0 amide bonds. The van der Waals surface area contributed by atoms with Crippen LogP contribution in [0.4, 0.5) is 0 Å². The van der Waals surface area contributed by atoms with Crippen LogP contribution in [0.3, 0.4) is 0 Å². The maximum atomic E-state index is 12.7. The Hall–Kier alpha value is -2.34. The number of benzene rings is 1. The number of carbonyl (C=O) groups excluding carboxylic acids is 2. The highest BCUT2D eigenvalue weighted by Gasteiger charge is 2.40. The molecule has 2 heterocycles. The highest BCUT2D eigenvalue weighted by molar-refractivity contribution is 5.98. The predicted octanol–water partition coefficient (Wildman–Crippen LogP) is 3.04. The number of cyclic esters (lactones) is 1. The number of phenolic OH excluding ortho intramolecular Hbond substituents is 2. The van der Waals surface area contributed by atoms with Gasteiger partial charge in [-0.15, -0.1) is 0 Å². The first-order valence-corrected chi connectivity index (χ1v) is 9.08. The molecule has 3 atom stereocenters. The van der Waals surface area contributed by atoms with Gasteiger partial charge in [0.05, 0.1) is 12.2 Å². The minimum absolute atomic E-state index is 0.0593. The first-order valence-electron chi connectivity index (χ1n) is 9.08. The number of epoxide rings is 1. The second-order valence-electron chi connectivity index (χ2n) is 6.89. The Kier molecular flexibility index (Phi) is 5.61. The van der Waals surface area contributed by atoms with Crippen LogP contribution in [0.5, 0.6) is 11.5 Å². The fraction of sp³-hybridized carbons (Fsp3) is 0.500. The third-order valence-corrected chi connectivity index (χ3v) is 4.74. The molecule has 1 fully saturated rings. The molecule has 26 heavy (non-hydrogen) atoms. The molecular formula is C20H24O6. The lowest BCUT2D eigenvalue weighted by atomic mass is 9.99. The van der Waals surface area contributed by atoms with Crippen molar-refractivity contribution in [1.29, 1.82) is 0 Å². The van der Waals surface area contributed by atoms with Crippen molar-refractivity contribution in [3.8, 4) is 11.5 Å². The fourth-order valence-electron chi connectivity index (χ4n) is 3.42. The second-order valence-corrected chi connectivity index (χ2v) is 6.89. The Bertz CT molecular complexity index is 723. The van der Waals surface area contributed by atoms with Gasteiger partial charge in [-0.1, -0.05) is 19.4 Å². The maximum absolute atomic E-state index is 12.7. The number of fused-ring (bicyclic) bond motifs is 2. The summed E-state index contributed by atoms with van der Waals surface area (Å²) in [5, 5.41) is 19.9. The molecule has 0 aliphatic carbocycles. The lowest BCUT2D eigenvalue weighted by molar-refractivity contribution is -0.114. The summed E-state index contributed by atoms with van der Waals surface area (Å²) in [5.74, 6) is -1.47. The zero-order valence-electron chi connectivity index (χ0n) is 14.8. The molecule has 2 unspecified atom stereocenters. The molecule has 1 aromatic rings. The van der Waals surface area contributed by atoms with Gasteiger partial charge in [-0.2, -0.15) is 0 Å². The number of ether oxygens (including phenoxy) is 2. The largest absolute Gasteiger partial charge is 0.508 e. The molecular weight excluding hydrogens is 336 g/mol. The van der Waals surface area contributed by atoms with E-state index in [1.165, 1.54) is 12.1 Å². The Morgan fingerprint density at radius 2 is 2.00 bits per heavy atom. The molecule has 1 aromatic carbocycles. The first-order chi connectivity index (χ1) is 12.5. The van der Waals surface area contributed by atoms with Crippen LogP contribution in [0.25, 0.3) is 0 Å². The van der Waals surface area contributed by atoms with E-state index in [0.29, 0.717) is 12.8 Å². The van der Waals surface area contributed by atoms with Crippen LogP contribution in [0.1, 0.15) is 54.9 Å². The van der Waals surface area contributed by atoms with E-state index in [9.17, 15) is 19.8 Å². The molecule has 2 aliphatic rings. The normalized spacial score (nSPS) is 26.4. The molecule has 140 valence electrons. The minimum atomic E-state index is -0.679. The molecule has 0 saturated carbocycles. The van der Waals surface area contributed by atoms with Crippen molar-refractivity contribution in [3.05, 3.63) is 35.4 Å². The molecule has 6 nitrogen and oxygen atoms in total. The van der Waals surface area contributed by atoms with Crippen molar-refractivity contribution >= 4 is 11.8 Å². The van der Waals surface area contributed by atoms with Gasteiger partial charge in [0.15, 0.2) is 5.78 Å². The first kappa shape index (κ1) is 18.5. The van der Waals surface area contributed by atoms with Crippen LogP contribution < -0.4 is 0 Å². The predicted molar refractivity (Wildman–Crippen MR) is 94.2 cm³/mol. The van der Waals surface area contributed by atoms with Gasteiger partial charge in [0.1, 0.15) is 23.2 Å². The van der Waals surface area contributed by atoms with Crippen LogP contribution in [-0.4, -0.2) is 40.3 Å². The Morgan fingerprint density at radius 3 is 2.77 bits per heavy atom. The average Bonchev–Trinajstić information content (AvgIpc) is 3.28. The second kappa shape index (κ2) is 7.91. The number of ketones is 1. The van der Waals surface area contributed by atoms with Gasteiger partial charge in [-0.25, -0.2) is 4.79 Å². The lowest BCUT2D eigenvalue weighted by Gasteiger charge is -2.18. The number of rotatable bonds is 2. The van der Waals surface area contributed by atoms with E-state index in [0.717, 1.165) is 25.3 Å². The standard InChI is InChI=1S/C20H24O6/c1-2-5-15-11-18-17(26-18)7-4-3-6-13(21)8-12-9-14(22)10-16(23)19(12)20(24)25-15/h3,6,9-10,15,17-18,22-23H,2,4-5,7-8,11H2,1H3/t15-,17?,18?/m1/s1. The highest BCUT2D eigenvalue weighted by atomic mass is 16.6. The summed E-state index contributed by atoms with van der Waals surface area (Å²) in [6, 6.07) is 2.40. The van der Waals surface area contributed by atoms with Crippen molar-refractivity contribution in [2.24, 2.45) is 0 Å². The van der Waals surface area contributed by atoms with Gasteiger partial charge >= 0.3 is 5.97 Å². The number of phenols is 2. The molecule has 2 N–H and O–H groups in total. The maximum Gasteiger partial charge on any atom is 0.342 e. The average molecular weight is 360 g/mol. The lowest BCUT2D eigenvalue weighted by Crippen LogP contribution is -2.22. The van der Waals surface area contributed by atoms with Crippen molar-refractivity contribution in [3.63, 3.8) is 0 Å². The minimum Gasteiger partial charge on any atom is -0.508 e. The van der Waals surface area contributed by atoms with Gasteiger partial charge in [-0.05, 0) is 37.0 Å². The van der Waals surface area contributed by atoms with E-state index in [2.05, 4.69) is 0 Å². The molecule has 2 aliphatic heterocycles. The summed E-state index contributed by atoms with van der Waals surface area (Å²) in [7, 11) is 0. The van der Waals surface area contributed by atoms with Gasteiger partial charge in [0.2, 0.25) is 0 Å². The van der Waals surface area contributed by atoms with Crippen LogP contribution in [0.2, 0.25) is 0 Å². The molecule has 1 saturated heterocycles. The number of allylic oxidation sites excluding steroid dienone is 2. The third-order valence-electron chi connectivity index (χ3n) is 4.74. The van der Waals surface area contributed by atoms with Crippen molar-refractivity contribution in [2.75, 3.05) is 0 Å². The van der Waals surface area contributed by atoms with E-state index in [1.54, 1.807) is 6.08 Å². The molecule has 0 spiro atoms. The zero-order chi connectivity index (χ0) is 18.7. The Morgan fingerprint density at radius 1 is 1.19 bits per heavy atom. The Labute approximate surface area is 152 Å². The summed E-state index contributed by atoms with van der Waals surface area (Å²) in [4.78, 5) is 24.9. The summed E-state index contributed by atoms with van der Waals surface area (Å²) in [6.07, 6.45) is 6.84. The number of carbonyl (C=O) groups is 2. The summed E-state index contributed by atoms with van der Waals surface area (Å²) in [6.45, 7) is 2.01. The van der Waals surface area contributed by atoms with E-state index in [-0.39, 0.29) is 53.1 Å². The zero-order valence-corrected chi connectivity index (χ0v) is 14.8. The van der Waals surface area contributed by atoms with Crippen molar-refractivity contribution in [1.82, 2.24) is 0 Å². The topological polar surface area (TPSA) is 96.4 Å². The molecule has 0 aromatic heterocycles. The summed E-state index contributed by atoms with van der Waals surface area (Å²) in [5.41, 5.74) is 0.200. The van der Waals surface area contributed by atoms with Gasteiger partial charge in [0, 0.05) is 18.9 Å². The fourth-order valence-corrected chi connectivity index (χ4v) is 3.42. The van der Waals surface area contributed by atoms with E-state index >= 15 is 0 Å². The molecule has 0 bridgehead atoms. The van der Waals surface area contributed by atoms with Crippen LogP contribution >= 0.6 is 0 Å². The molecule has 3 rings (SSSR count). The van der Waals surface area contributed by atoms with Crippen molar-refractivity contribution < 1.29 is 29.3 Å². The van der Waals surface area contributed by atoms with Crippen LogP contribution in [-0.2, 0) is 20.7 Å². The quantitative estimate of drug-likeness (QED) is 0.622. The number of hydrogen-bond acceptors (Lipinski definition) is 6. The smallest absolute Gasteiger partial charge is 0.342 e. The van der Waals surface area contributed by atoms with E-state index < -0.39 is 5.97 Å².